The molecule has 1 aliphatic rings. The molecule has 0 heterocycles. The van der Waals surface area contributed by atoms with Crippen LogP contribution in [0.2, 0.25) is 5.02 Å². The van der Waals surface area contributed by atoms with E-state index in [-0.39, 0.29) is 0 Å². The molecule has 2 rings (SSSR count). The lowest BCUT2D eigenvalue weighted by Gasteiger charge is -2.24. The number of carboxylic acid groups (broad SMARTS) is 1. The van der Waals surface area contributed by atoms with Crippen LogP contribution >= 0.6 is 11.6 Å². The van der Waals surface area contributed by atoms with Crippen LogP contribution in [-0.4, -0.2) is 17.0 Å². The summed E-state index contributed by atoms with van der Waals surface area (Å²) in [4.78, 5) is 23.5. The summed E-state index contributed by atoms with van der Waals surface area (Å²) in [5.74, 6) is -2.78. The van der Waals surface area contributed by atoms with Crippen LogP contribution in [0, 0.1) is 23.2 Å². The average molecular weight is 305 g/mol. The van der Waals surface area contributed by atoms with Crippen LogP contribution in [0.4, 0.5) is 5.69 Å². The fourth-order valence-corrected chi connectivity index (χ4v) is 2.46. The Hall–Kier alpha value is -2.32. The number of amides is 1. The van der Waals surface area contributed by atoms with E-state index in [9.17, 15) is 14.7 Å². The van der Waals surface area contributed by atoms with Crippen LogP contribution in [0.1, 0.15) is 18.4 Å². The first-order chi connectivity index (χ1) is 10.0. The summed E-state index contributed by atoms with van der Waals surface area (Å²) < 4.78 is 0. The maximum absolute atomic E-state index is 12.3. The number of nitrogens with one attached hydrogen (secondary N) is 1. The number of halogens is 1. The minimum absolute atomic E-state index is 0.306. The summed E-state index contributed by atoms with van der Waals surface area (Å²) in [6.07, 6.45) is 4.28. The molecular weight excluding hydrogens is 292 g/mol. The number of hydrogen-bond acceptors (Lipinski definition) is 3. The van der Waals surface area contributed by atoms with Crippen LogP contribution in [0.15, 0.2) is 30.4 Å². The van der Waals surface area contributed by atoms with Crippen molar-refractivity contribution in [3.63, 3.8) is 0 Å². The molecule has 5 nitrogen and oxygen atoms in total. The molecular formula is C15H13ClN2O3. The number of rotatable bonds is 3. The first-order valence-corrected chi connectivity index (χ1v) is 6.79. The molecule has 21 heavy (non-hydrogen) atoms. The Bertz CT molecular complexity index is 649. The number of benzene rings is 1. The fourth-order valence-electron chi connectivity index (χ4n) is 2.29. The van der Waals surface area contributed by atoms with E-state index in [2.05, 4.69) is 5.32 Å². The summed E-state index contributed by atoms with van der Waals surface area (Å²) >= 11 is 5.98. The highest BCUT2D eigenvalue weighted by molar-refractivity contribution is 6.33. The topological polar surface area (TPSA) is 90.2 Å². The van der Waals surface area contributed by atoms with Gasteiger partial charge in [0.1, 0.15) is 0 Å². The SMILES string of the molecule is N#Cc1ccc(Cl)c(NC(=O)[C@@H]2CC=CC[C@@H]2C(=O)O)c1. The highest BCUT2D eigenvalue weighted by Gasteiger charge is 2.34. The lowest BCUT2D eigenvalue weighted by Crippen LogP contribution is -2.34. The Morgan fingerprint density at radius 3 is 2.57 bits per heavy atom. The Kier molecular flexibility index (Phi) is 4.61. The van der Waals surface area contributed by atoms with Crippen LogP contribution in [-0.2, 0) is 9.59 Å². The lowest BCUT2D eigenvalue weighted by molar-refractivity contribution is -0.146. The zero-order chi connectivity index (χ0) is 15.4. The third-order valence-electron chi connectivity index (χ3n) is 3.44. The molecule has 0 radical (unpaired) electrons. The maximum Gasteiger partial charge on any atom is 0.307 e. The van der Waals surface area contributed by atoms with Crippen LogP contribution < -0.4 is 5.32 Å². The van der Waals surface area contributed by atoms with E-state index in [0.29, 0.717) is 29.1 Å². The second-order valence-corrected chi connectivity index (χ2v) is 5.20. The zero-order valence-electron chi connectivity index (χ0n) is 11.0. The minimum Gasteiger partial charge on any atom is -0.481 e. The Morgan fingerprint density at radius 1 is 1.29 bits per heavy atom. The second kappa shape index (κ2) is 6.42. The normalized spacial score (nSPS) is 20.6. The summed E-state index contributed by atoms with van der Waals surface area (Å²) in [5.41, 5.74) is 0.687. The minimum atomic E-state index is -0.989. The number of allylic oxidation sites excluding steroid dienone is 2. The number of carbonyl (C=O) groups is 2. The molecule has 0 aliphatic heterocycles. The zero-order valence-corrected chi connectivity index (χ0v) is 11.8. The van der Waals surface area contributed by atoms with E-state index in [1.807, 2.05) is 6.07 Å². The maximum atomic E-state index is 12.3. The second-order valence-electron chi connectivity index (χ2n) is 4.79. The number of carboxylic acids is 1. The average Bonchev–Trinajstić information content (AvgIpc) is 2.49. The lowest BCUT2D eigenvalue weighted by atomic mass is 9.82. The smallest absolute Gasteiger partial charge is 0.307 e. The fraction of sp³-hybridized carbons (Fsp3) is 0.267. The van der Waals surface area contributed by atoms with Crippen molar-refractivity contribution in [3.8, 4) is 6.07 Å². The summed E-state index contributed by atoms with van der Waals surface area (Å²) in [7, 11) is 0. The molecule has 0 spiro atoms. The monoisotopic (exact) mass is 304 g/mol. The van der Waals surface area contributed by atoms with Gasteiger partial charge in [0, 0.05) is 0 Å². The number of nitrogens with zero attached hydrogens (tertiary/aromatic N) is 1. The standard InChI is InChI=1S/C15H13ClN2O3/c16-12-6-5-9(8-17)7-13(12)18-14(19)10-3-1-2-4-11(10)15(20)21/h1-2,5-7,10-11H,3-4H2,(H,18,19)(H,20,21)/t10-,11+/m1/s1. The summed E-state index contributed by atoms with van der Waals surface area (Å²) in [6, 6.07) is 6.49. The quantitative estimate of drug-likeness (QED) is 0.840. The van der Waals surface area contributed by atoms with Crippen LogP contribution in [0.5, 0.6) is 0 Å². The van der Waals surface area contributed by atoms with Gasteiger partial charge in [0.15, 0.2) is 0 Å². The molecule has 1 aromatic carbocycles. The first-order valence-electron chi connectivity index (χ1n) is 6.41. The van der Waals surface area contributed by atoms with Crippen molar-refractivity contribution >= 4 is 29.2 Å². The molecule has 0 saturated carbocycles. The largest absolute Gasteiger partial charge is 0.481 e. The van der Waals surface area contributed by atoms with Gasteiger partial charge in [-0.1, -0.05) is 23.8 Å². The van der Waals surface area contributed by atoms with Crippen molar-refractivity contribution in [1.29, 1.82) is 5.26 Å². The van der Waals surface area contributed by atoms with Gasteiger partial charge < -0.3 is 10.4 Å². The molecule has 0 fully saturated rings. The number of anilines is 1. The van der Waals surface area contributed by atoms with Crippen molar-refractivity contribution < 1.29 is 14.7 Å². The third-order valence-corrected chi connectivity index (χ3v) is 3.77. The Balaban J connectivity index is 2.19. The molecule has 2 N–H and O–H groups in total. The molecule has 1 aromatic rings. The van der Waals surface area contributed by atoms with E-state index in [0.717, 1.165) is 0 Å². The van der Waals surface area contributed by atoms with Gasteiger partial charge in [-0.3, -0.25) is 9.59 Å². The van der Waals surface area contributed by atoms with Gasteiger partial charge in [-0.05, 0) is 31.0 Å². The predicted octanol–water partition coefficient (Wildman–Crippen LogP) is 2.82. The third kappa shape index (κ3) is 3.41. The summed E-state index contributed by atoms with van der Waals surface area (Å²) in [6.45, 7) is 0. The van der Waals surface area contributed by atoms with Gasteiger partial charge in [-0.15, -0.1) is 0 Å². The Labute approximate surface area is 126 Å². The molecule has 1 aliphatic carbocycles. The molecule has 0 unspecified atom stereocenters. The molecule has 1 amide bonds. The van der Waals surface area contributed by atoms with Gasteiger partial charge in [0.05, 0.1) is 34.2 Å². The Morgan fingerprint density at radius 2 is 1.95 bits per heavy atom. The van der Waals surface area contributed by atoms with Gasteiger partial charge >= 0.3 is 5.97 Å². The van der Waals surface area contributed by atoms with Crippen LogP contribution in [0.3, 0.4) is 0 Å². The number of nitriles is 1. The van der Waals surface area contributed by atoms with Gasteiger partial charge in [-0.2, -0.15) is 5.26 Å². The van der Waals surface area contributed by atoms with Crippen molar-refractivity contribution in [1.82, 2.24) is 0 Å². The van der Waals surface area contributed by atoms with Crippen LogP contribution in [0.25, 0.3) is 0 Å². The number of hydrogen-bond donors (Lipinski definition) is 2. The molecule has 108 valence electrons. The molecule has 2 atom stereocenters. The van der Waals surface area contributed by atoms with Gasteiger partial charge in [-0.25, -0.2) is 0 Å². The highest BCUT2D eigenvalue weighted by atomic mass is 35.5. The number of carbonyl (C=O) groups excluding carboxylic acids is 1. The van der Waals surface area contributed by atoms with Gasteiger partial charge in [0.2, 0.25) is 5.91 Å². The van der Waals surface area contributed by atoms with Crippen molar-refractivity contribution in [2.75, 3.05) is 5.32 Å². The number of aliphatic carboxylic acids is 1. The first kappa shape index (κ1) is 15.1. The molecule has 6 heteroatoms. The molecule has 0 saturated heterocycles. The molecule has 0 aromatic heterocycles. The molecule has 0 bridgehead atoms. The predicted molar refractivity (Wildman–Crippen MR) is 77.8 cm³/mol. The highest BCUT2D eigenvalue weighted by Crippen LogP contribution is 2.29. The van der Waals surface area contributed by atoms with E-state index in [4.69, 9.17) is 16.9 Å². The van der Waals surface area contributed by atoms with Crippen molar-refractivity contribution in [2.45, 2.75) is 12.8 Å². The van der Waals surface area contributed by atoms with E-state index in [1.54, 1.807) is 18.2 Å². The van der Waals surface area contributed by atoms with E-state index >= 15 is 0 Å². The van der Waals surface area contributed by atoms with Crippen molar-refractivity contribution in [3.05, 3.63) is 40.9 Å². The summed E-state index contributed by atoms with van der Waals surface area (Å²) in [5, 5.41) is 21.0. The van der Waals surface area contributed by atoms with E-state index < -0.39 is 23.7 Å². The van der Waals surface area contributed by atoms with E-state index in [1.165, 1.54) is 12.1 Å². The van der Waals surface area contributed by atoms with Gasteiger partial charge in [0.25, 0.3) is 0 Å². The van der Waals surface area contributed by atoms with Crippen molar-refractivity contribution in [2.24, 2.45) is 11.8 Å².